The van der Waals surface area contributed by atoms with Crippen molar-refractivity contribution < 1.29 is 9.90 Å². The van der Waals surface area contributed by atoms with Gasteiger partial charge in [0.1, 0.15) is 0 Å². The molecule has 26 heavy (non-hydrogen) atoms. The minimum atomic E-state index is -0.227. The fraction of sp³-hybridized carbons (Fsp3) is 0.762. The van der Waals surface area contributed by atoms with E-state index in [9.17, 15) is 9.90 Å². The van der Waals surface area contributed by atoms with E-state index in [2.05, 4.69) is 16.7 Å². The first kappa shape index (κ1) is 18.1. The number of likely N-dealkylation sites (tertiary alicyclic amines) is 2. The van der Waals surface area contributed by atoms with E-state index < -0.39 is 0 Å². The van der Waals surface area contributed by atoms with Gasteiger partial charge in [-0.05, 0) is 82.5 Å². The molecule has 1 amide bonds. The number of hydrogen-bond acceptors (Lipinski definition) is 4. The molecule has 2 heterocycles. The summed E-state index contributed by atoms with van der Waals surface area (Å²) in [6.07, 6.45) is 8.12. The van der Waals surface area contributed by atoms with Gasteiger partial charge in [0.2, 0.25) is 5.91 Å². The molecule has 144 valence electrons. The number of nitrogens with two attached hydrogens (primary N) is 1. The minimum Gasteiger partial charge on any atom is -0.513 e. The molecule has 1 saturated carbocycles. The summed E-state index contributed by atoms with van der Waals surface area (Å²) in [4.78, 5) is 16.5. The zero-order valence-electron chi connectivity index (χ0n) is 16.2. The van der Waals surface area contributed by atoms with Crippen LogP contribution in [0.2, 0.25) is 0 Å². The Morgan fingerprint density at radius 1 is 1.35 bits per heavy atom. The predicted molar refractivity (Wildman–Crippen MR) is 103 cm³/mol. The molecule has 2 aliphatic carbocycles. The SMILES string of the molecule is CC1=C(/C=C(\C)O)[C@@]23CCN(CC(N)=O)C[C@H]2[C@@H](C1)N(CC1CC1)CC3. The number of nitrogens with zero attached hydrogens (tertiary/aromatic N) is 2. The van der Waals surface area contributed by atoms with Gasteiger partial charge in [-0.2, -0.15) is 0 Å². The van der Waals surface area contributed by atoms with E-state index in [1.807, 2.05) is 6.08 Å². The molecule has 0 spiro atoms. The molecule has 2 bridgehead atoms. The van der Waals surface area contributed by atoms with Crippen molar-refractivity contribution in [3.63, 3.8) is 0 Å². The van der Waals surface area contributed by atoms with Crippen molar-refractivity contribution in [3.8, 4) is 0 Å². The molecule has 2 aliphatic heterocycles. The van der Waals surface area contributed by atoms with Gasteiger partial charge >= 0.3 is 0 Å². The van der Waals surface area contributed by atoms with Crippen LogP contribution in [0.1, 0.15) is 46.0 Å². The van der Waals surface area contributed by atoms with E-state index in [0.717, 1.165) is 31.8 Å². The van der Waals surface area contributed by atoms with Crippen LogP contribution in [0.4, 0.5) is 0 Å². The fourth-order valence-corrected chi connectivity index (χ4v) is 5.94. The molecule has 3 atom stereocenters. The van der Waals surface area contributed by atoms with E-state index in [1.54, 1.807) is 6.92 Å². The maximum Gasteiger partial charge on any atom is 0.231 e. The minimum absolute atomic E-state index is 0.158. The topological polar surface area (TPSA) is 69.8 Å². The molecule has 0 aromatic carbocycles. The number of carbonyl (C=O) groups is 1. The van der Waals surface area contributed by atoms with Crippen molar-refractivity contribution in [1.82, 2.24) is 9.80 Å². The van der Waals surface area contributed by atoms with Gasteiger partial charge in [-0.1, -0.05) is 5.57 Å². The number of carbonyl (C=O) groups excluding carboxylic acids is 1. The Kier molecular flexibility index (Phi) is 4.64. The number of piperidine rings is 2. The normalized spacial score (nSPS) is 36.2. The summed E-state index contributed by atoms with van der Waals surface area (Å²) in [6.45, 7) is 8.69. The molecule has 0 aromatic heterocycles. The number of amides is 1. The average molecular weight is 360 g/mol. The number of allylic oxidation sites excluding steroid dienone is 3. The molecule has 0 aromatic rings. The second-order valence-corrected chi connectivity index (χ2v) is 9.15. The Morgan fingerprint density at radius 3 is 2.73 bits per heavy atom. The van der Waals surface area contributed by atoms with Crippen LogP contribution >= 0.6 is 0 Å². The zero-order valence-corrected chi connectivity index (χ0v) is 16.2. The molecule has 2 saturated heterocycles. The second kappa shape index (κ2) is 6.68. The largest absolute Gasteiger partial charge is 0.513 e. The Morgan fingerprint density at radius 2 is 2.08 bits per heavy atom. The Hall–Kier alpha value is -1.33. The van der Waals surface area contributed by atoms with Crippen molar-refractivity contribution in [1.29, 1.82) is 0 Å². The first-order valence-corrected chi connectivity index (χ1v) is 10.2. The summed E-state index contributed by atoms with van der Waals surface area (Å²) in [5, 5.41) is 10.0. The standard InChI is InChI=1S/C21H33N3O2/c1-14-9-19-18-12-23(13-20(22)26)7-5-21(18,17(14)10-15(2)25)6-8-24(19)11-16-3-4-16/h10,16,18-19,25H,3-9,11-13H2,1-2H3,(H2,22,26)/b15-10+/t18-,19+,21-/m0/s1. The molecule has 4 aliphatic rings. The summed E-state index contributed by atoms with van der Waals surface area (Å²) in [5.74, 6) is 1.61. The predicted octanol–water partition coefficient (Wildman–Crippen LogP) is 2.45. The van der Waals surface area contributed by atoms with Crippen LogP contribution < -0.4 is 5.73 Å². The molecular weight excluding hydrogens is 326 g/mol. The van der Waals surface area contributed by atoms with Crippen molar-refractivity contribution in [2.75, 3.05) is 32.7 Å². The summed E-state index contributed by atoms with van der Waals surface area (Å²) in [5.41, 5.74) is 8.46. The Balaban J connectivity index is 1.67. The lowest BCUT2D eigenvalue weighted by molar-refractivity contribution is -0.121. The van der Waals surface area contributed by atoms with Gasteiger partial charge in [0.05, 0.1) is 12.3 Å². The number of hydrogen-bond donors (Lipinski definition) is 2. The second-order valence-electron chi connectivity index (χ2n) is 9.15. The van der Waals surface area contributed by atoms with Gasteiger partial charge in [0.25, 0.3) is 0 Å². The van der Waals surface area contributed by atoms with Crippen LogP contribution in [0.3, 0.4) is 0 Å². The molecule has 0 radical (unpaired) electrons. The summed E-state index contributed by atoms with van der Waals surface area (Å²) in [6, 6.07) is 0.566. The third kappa shape index (κ3) is 3.20. The lowest BCUT2D eigenvalue weighted by atomic mass is 9.54. The van der Waals surface area contributed by atoms with E-state index in [0.29, 0.717) is 24.3 Å². The number of aliphatic hydroxyl groups is 1. The monoisotopic (exact) mass is 359 g/mol. The maximum absolute atomic E-state index is 11.5. The molecule has 4 rings (SSSR count). The number of rotatable bonds is 5. The third-order valence-corrected chi connectivity index (χ3v) is 7.25. The van der Waals surface area contributed by atoms with E-state index in [4.69, 9.17) is 5.73 Å². The quantitative estimate of drug-likeness (QED) is 0.740. The van der Waals surface area contributed by atoms with Gasteiger partial charge in [-0.25, -0.2) is 0 Å². The summed E-state index contributed by atoms with van der Waals surface area (Å²) >= 11 is 0. The van der Waals surface area contributed by atoms with Gasteiger partial charge in [-0.3, -0.25) is 14.6 Å². The van der Waals surface area contributed by atoms with Crippen LogP contribution in [-0.2, 0) is 4.79 Å². The lowest BCUT2D eigenvalue weighted by Gasteiger charge is -2.60. The first-order valence-electron chi connectivity index (χ1n) is 10.2. The molecule has 0 unspecified atom stereocenters. The number of primary amides is 1. The van der Waals surface area contributed by atoms with Gasteiger partial charge in [-0.15, -0.1) is 0 Å². The number of aliphatic hydroxyl groups excluding tert-OH is 1. The molecule has 5 heteroatoms. The highest BCUT2D eigenvalue weighted by atomic mass is 16.3. The molecular formula is C21H33N3O2. The van der Waals surface area contributed by atoms with Gasteiger partial charge in [0, 0.05) is 24.5 Å². The zero-order chi connectivity index (χ0) is 18.5. The fourth-order valence-electron chi connectivity index (χ4n) is 5.94. The van der Waals surface area contributed by atoms with Gasteiger partial charge < -0.3 is 10.8 Å². The highest BCUT2D eigenvalue weighted by Gasteiger charge is 2.55. The van der Waals surface area contributed by atoms with E-state index >= 15 is 0 Å². The molecule has 3 fully saturated rings. The van der Waals surface area contributed by atoms with Crippen LogP contribution in [0, 0.1) is 17.3 Å². The van der Waals surface area contributed by atoms with Crippen molar-refractivity contribution in [2.24, 2.45) is 23.0 Å². The van der Waals surface area contributed by atoms with Crippen molar-refractivity contribution >= 4 is 5.91 Å². The summed E-state index contributed by atoms with van der Waals surface area (Å²) in [7, 11) is 0. The molecule has 5 nitrogen and oxygen atoms in total. The first-order chi connectivity index (χ1) is 12.4. The highest BCUT2D eigenvalue weighted by Crippen LogP contribution is 2.57. The smallest absolute Gasteiger partial charge is 0.231 e. The maximum atomic E-state index is 11.5. The van der Waals surface area contributed by atoms with Crippen molar-refractivity contribution in [2.45, 2.75) is 52.0 Å². The van der Waals surface area contributed by atoms with Crippen molar-refractivity contribution in [3.05, 3.63) is 23.0 Å². The van der Waals surface area contributed by atoms with Gasteiger partial charge in [0.15, 0.2) is 0 Å². The lowest BCUT2D eigenvalue weighted by Crippen LogP contribution is -2.63. The summed E-state index contributed by atoms with van der Waals surface area (Å²) < 4.78 is 0. The van der Waals surface area contributed by atoms with Crippen LogP contribution in [0.25, 0.3) is 0 Å². The molecule has 3 N–H and O–H groups in total. The van der Waals surface area contributed by atoms with Crippen LogP contribution in [0.5, 0.6) is 0 Å². The average Bonchev–Trinajstić information content (AvgIpc) is 3.37. The van der Waals surface area contributed by atoms with Crippen LogP contribution in [-0.4, -0.2) is 59.6 Å². The highest BCUT2D eigenvalue weighted by molar-refractivity contribution is 5.75. The van der Waals surface area contributed by atoms with Crippen LogP contribution in [0.15, 0.2) is 23.0 Å². The van der Waals surface area contributed by atoms with E-state index in [-0.39, 0.29) is 11.3 Å². The Labute approximate surface area is 156 Å². The Bertz CT molecular complexity index is 648. The third-order valence-electron chi connectivity index (χ3n) is 7.25. The van der Waals surface area contributed by atoms with E-state index in [1.165, 1.54) is 43.5 Å².